The van der Waals surface area contributed by atoms with Crippen LogP contribution in [0.2, 0.25) is 96.7 Å². The molecular formula is C42H94O6Si4. The van der Waals surface area contributed by atoms with Crippen molar-refractivity contribution in [1.82, 2.24) is 0 Å². The molecule has 6 nitrogen and oxygen atoms in total. The first-order valence-corrected chi connectivity index (χ1v) is 34.0. The zero-order chi connectivity index (χ0) is 39.5. The van der Waals surface area contributed by atoms with Gasteiger partial charge in [-0.2, -0.15) is 0 Å². The standard InChI is InChI=1S/C42H94O6Si4/c1-13-49(14-2,15-3)33-25-29-45-39(37-43)41(47-31-27-35-51(19-7,20-8)21-9)42(48-32-28-36-52(22-10,23-11)24-12)40(38-44)46-30-26-34-50(16-4,17-5)18-6/h39-44H,13-38H2,1-12H3/t39-,40+,41+,42-. The molecule has 0 aromatic heterocycles. The molecule has 0 aliphatic heterocycles. The van der Waals surface area contributed by atoms with Crippen molar-refractivity contribution < 1.29 is 29.2 Å². The van der Waals surface area contributed by atoms with Gasteiger partial charge in [-0.25, -0.2) is 0 Å². The highest BCUT2D eigenvalue weighted by Gasteiger charge is 2.39. The van der Waals surface area contributed by atoms with Crippen LogP contribution in [0.5, 0.6) is 0 Å². The number of hydrogen-bond acceptors (Lipinski definition) is 6. The monoisotopic (exact) mass is 807 g/mol. The molecule has 10 heteroatoms. The first kappa shape index (κ1) is 52.6. The molecule has 0 aromatic carbocycles. The first-order valence-electron chi connectivity index (χ1n) is 22.7. The number of hydrogen-bond donors (Lipinski definition) is 2. The van der Waals surface area contributed by atoms with Crippen LogP contribution >= 0.6 is 0 Å². The SMILES string of the molecule is CC[Si](CC)(CC)CCCO[C@H]([C@H](OCCC[Si](CC)(CC)CC)[C@H](CO)OCCC[Si](CC)(CC)CC)[C@@H](CO)OCCC[Si](CC)(CC)CC. The number of aliphatic hydroxyl groups is 2. The van der Waals surface area contributed by atoms with Crippen LogP contribution in [0.4, 0.5) is 0 Å². The van der Waals surface area contributed by atoms with Gasteiger partial charge in [0.25, 0.3) is 0 Å². The van der Waals surface area contributed by atoms with E-state index >= 15 is 0 Å². The van der Waals surface area contributed by atoms with E-state index < -0.39 is 56.7 Å². The van der Waals surface area contributed by atoms with Crippen molar-refractivity contribution >= 4 is 32.3 Å². The average Bonchev–Trinajstić information content (AvgIpc) is 3.20. The van der Waals surface area contributed by atoms with Gasteiger partial charge in [0.1, 0.15) is 24.4 Å². The maximum atomic E-state index is 10.9. The van der Waals surface area contributed by atoms with Crippen molar-refractivity contribution in [1.29, 1.82) is 0 Å². The lowest BCUT2D eigenvalue weighted by atomic mass is 10.0. The summed E-state index contributed by atoms with van der Waals surface area (Å²) in [7, 11) is -5.08. The van der Waals surface area contributed by atoms with E-state index in [1.807, 2.05) is 0 Å². The summed E-state index contributed by atoms with van der Waals surface area (Å²) < 4.78 is 26.9. The quantitative estimate of drug-likeness (QED) is 0.0481. The summed E-state index contributed by atoms with van der Waals surface area (Å²) in [6.45, 7) is 30.7. The third-order valence-corrected chi connectivity index (χ3v) is 38.8. The summed E-state index contributed by atoms with van der Waals surface area (Å²) in [4.78, 5) is 0. The lowest BCUT2D eigenvalue weighted by Gasteiger charge is -2.37. The Balaban J connectivity index is 6.37. The lowest BCUT2D eigenvalue weighted by Crippen LogP contribution is -2.52. The van der Waals surface area contributed by atoms with Gasteiger partial charge in [-0.05, 0) is 25.7 Å². The lowest BCUT2D eigenvalue weighted by molar-refractivity contribution is -0.191. The van der Waals surface area contributed by atoms with Crippen LogP contribution in [0.3, 0.4) is 0 Å². The Kier molecular flexibility index (Phi) is 30.2. The van der Waals surface area contributed by atoms with Crippen molar-refractivity contribution in [3.05, 3.63) is 0 Å². The molecule has 52 heavy (non-hydrogen) atoms. The molecule has 0 amide bonds. The van der Waals surface area contributed by atoms with Crippen LogP contribution in [-0.4, -0.2) is 107 Å². The van der Waals surface area contributed by atoms with Gasteiger partial charge < -0.3 is 29.2 Å². The van der Waals surface area contributed by atoms with Gasteiger partial charge in [-0.1, -0.05) is 180 Å². The van der Waals surface area contributed by atoms with Crippen LogP contribution in [0, 0.1) is 0 Å². The molecule has 0 bridgehead atoms. The molecule has 0 aromatic rings. The molecule has 0 heterocycles. The molecule has 0 aliphatic carbocycles. The Morgan fingerprint density at radius 1 is 0.327 bits per heavy atom. The van der Waals surface area contributed by atoms with Crippen molar-refractivity contribution in [3.63, 3.8) is 0 Å². The van der Waals surface area contributed by atoms with Crippen LogP contribution < -0.4 is 0 Å². The summed E-state index contributed by atoms with van der Waals surface area (Å²) >= 11 is 0. The first-order chi connectivity index (χ1) is 25.0. The molecule has 0 fully saturated rings. The fourth-order valence-electron chi connectivity index (χ4n) is 9.15. The van der Waals surface area contributed by atoms with Gasteiger partial charge in [0.05, 0.1) is 45.5 Å². The third-order valence-electron chi connectivity index (χ3n) is 15.1. The van der Waals surface area contributed by atoms with E-state index in [2.05, 4.69) is 83.1 Å². The highest BCUT2D eigenvalue weighted by molar-refractivity contribution is 6.80. The van der Waals surface area contributed by atoms with Crippen molar-refractivity contribution in [2.45, 2.75) is 230 Å². The zero-order valence-corrected chi connectivity index (χ0v) is 41.2. The summed E-state index contributed by atoms with van der Waals surface area (Å²) in [5.74, 6) is 0. The van der Waals surface area contributed by atoms with Gasteiger partial charge in [-0.3, -0.25) is 0 Å². The Morgan fingerprint density at radius 2 is 0.519 bits per heavy atom. The summed E-state index contributed by atoms with van der Waals surface area (Å²) in [6.07, 6.45) is 2.01. The molecule has 0 rings (SSSR count). The Labute approximate surface area is 329 Å². The van der Waals surface area contributed by atoms with Crippen molar-refractivity contribution in [2.24, 2.45) is 0 Å². The Bertz CT molecular complexity index is 721. The molecule has 314 valence electrons. The second-order valence-electron chi connectivity index (χ2n) is 16.5. The summed E-state index contributed by atoms with van der Waals surface area (Å²) in [6, 6.07) is 20.8. The molecule has 2 N–H and O–H groups in total. The predicted octanol–water partition coefficient (Wildman–Crippen LogP) is 12.1. The molecule has 0 saturated carbocycles. The Morgan fingerprint density at radius 3 is 0.692 bits per heavy atom. The molecule has 0 unspecified atom stereocenters. The van der Waals surface area contributed by atoms with Crippen LogP contribution in [0.15, 0.2) is 0 Å². The zero-order valence-electron chi connectivity index (χ0n) is 37.2. The molecular weight excluding hydrogens is 713 g/mol. The largest absolute Gasteiger partial charge is 0.394 e. The normalized spacial score (nSPS) is 15.6. The molecule has 0 radical (unpaired) electrons. The second-order valence-corrected chi connectivity index (χ2v) is 39.0. The summed E-state index contributed by atoms with van der Waals surface area (Å²) in [5, 5.41) is 21.8. The van der Waals surface area contributed by atoms with E-state index in [1.54, 1.807) is 0 Å². The van der Waals surface area contributed by atoms with Gasteiger partial charge in [0.2, 0.25) is 0 Å². The maximum Gasteiger partial charge on any atom is 0.115 e. The predicted molar refractivity (Wildman–Crippen MR) is 240 cm³/mol. The number of rotatable bonds is 37. The van der Waals surface area contributed by atoms with E-state index in [0.29, 0.717) is 26.4 Å². The van der Waals surface area contributed by atoms with Gasteiger partial charge >= 0.3 is 0 Å². The molecule has 0 aliphatic rings. The maximum absolute atomic E-state index is 10.9. The topological polar surface area (TPSA) is 77.4 Å². The van der Waals surface area contributed by atoms with Gasteiger partial charge in [0.15, 0.2) is 0 Å². The Hall–Kier alpha value is 0.628. The van der Waals surface area contributed by atoms with Gasteiger partial charge in [0, 0.05) is 26.4 Å². The van der Waals surface area contributed by atoms with E-state index in [1.165, 1.54) is 96.7 Å². The van der Waals surface area contributed by atoms with Crippen LogP contribution in [0.25, 0.3) is 0 Å². The number of ether oxygens (including phenoxy) is 4. The van der Waals surface area contributed by atoms with E-state index in [9.17, 15) is 10.2 Å². The molecule has 0 saturated heterocycles. The number of aliphatic hydroxyl groups excluding tert-OH is 2. The minimum atomic E-state index is -1.28. The van der Waals surface area contributed by atoms with Crippen LogP contribution in [-0.2, 0) is 18.9 Å². The highest BCUT2D eigenvalue weighted by atomic mass is 28.3. The minimum Gasteiger partial charge on any atom is -0.394 e. The van der Waals surface area contributed by atoms with E-state index in [-0.39, 0.29) is 13.2 Å². The second kappa shape index (κ2) is 29.8. The van der Waals surface area contributed by atoms with Gasteiger partial charge in [-0.15, -0.1) is 0 Å². The molecule has 4 atom stereocenters. The van der Waals surface area contributed by atoms with E-state index in [4.69, 9.17) is 18.9 Å². The fraction of sp³-hybridized carbons (Fsp3) is 1.00. The fourth-order valence-corrected chi connectivity index (χ4v) is 23.0. The van der Waals surface area contributed by atoms with Crippen molar-refractivity contribution in [2.75, 3.05) is 39.6 Å². The minimum absolute atomic E-state index is 0.132. The third kappa shape index (κ3) is 17.4. The average molecular weight is 808 g/mol. The van der Waals surface area contributed by atoms with Crippen molar-refractivity contribution in [3.8, 4) is 0 Å². The highest BCUT2D eigenvalue weighted by Crippen LogP contribution is 2.31. The summed E-state index contributed by atoms with van der Waals surface area (Å²) in [5.41, 5.74) is 0. The smallest absolute Gasteiger partial charge is 0.115 e. The van der Waals surface area contributed by atoms with E-state index in [0.717, 1.165) is 25.7 Å². The molecule has 0 spiro atoms. The van der Waals surface area contributed by atoms with Crippen LogP contribution in [0.1, 0.15) is 109 Å².